The lowest BCUT2D eigenvalue weighted by molar-refractivity contribution is 0.272. The number of aromatic nitrogens is 4. The molecule has 27 heavy (non-hydrogen) atoms. The van der Waals surface area contributed by atoms with Gasteiger partial charge in [0.15, 0.2) is 6.33 Å². The van der Waals surface area contributed by atoms with Gasteiger partial charge in [0.1, 0.15) is 0 Å². The molecule has 1 saturated heterocycles. The van der Waals surface area contributed by atoms with Crippen LogP contribution in [0.2, 0.25) is 0 Å². The molecule has 140 valence electrons. The summed E-state index contributed by atoms with van der Waals surface area (Å²) in [6, 6.07) is 18.6. The fourth-order valence-corrected chi connectivity index (χ4v) is 3.85. The molecule has 0 amide bonds. The Labute approximate surface area is 161 Å². The van der Waals surface area contributed by atoms with E-state index in [9.17, 15) is 0 Å². The van der Waals surface area contributed by atoms with Gasteiger partial charge in [0.05, 0.1) is 6.54 Å². The SMILES string of the molecule is C[C@@H]1CCCN1CCc1ccc(-c2ccc(CCn3ncnn3)cc2)cc1. The van der Waals surface area contributed by atoms with Crippen molar-refractivity contribution in [1.29, 1.82) is 0 Å². The Bertz CT molecular complexity index is 824. The van der Waals surface area contributed by atoms with E-state index in [2.05, 4.69) is 75.8 Å². The van der Waals surface area contributed by atoms with Gasteiger partial charge in [-0.15, -0.1) is 10.2 Å². The van der Waals surface area contributed by atoms with Crippen LogP contribution in [0.15, 0.2) is 54.9 Å². The molecule has 2 aromatic carbocycles. The molecule has 5 heteroatoms. The third-order valence-electron chi connectivity index (χ3n) is 5.61. The molecule has 0 spiro atoms. The summed E-state index contributed by atoms with van der Waals surface area (Å²) < 4.78 is 0. The van der Waals surface area contributed by atoms with Crippen LogP contribution in [0.25, 0.3) is 11.1 Å². The van der Waals surface area contributed by atoms with Gasteiger partial charge in [-0.05, 0) is 66.6 Å². The van der Waals surface area contributed by atoms with Gasteiger partial charge in [0.25, 0.3) is 0 Å². The van der Waals surface area contributed by atoms with Crippen LogP contribution >= 0.6 is 0 Å². The standard InChI is InChI=1S/C22H27N5/c1-18-3-2-14-26(18)15-12-19-4-8-21(9-5-19)22-10-6-20(7-11-22)13-16-27-24-17-23-25-27/h4-11,17-18H,2-3,12-16H2,1H3/t18-/m1/s1. The summed E-state index contributed by atoms with van der Waals surface area (Å²) in [5.41, 5.74) is 5.25. The number of aryl methyl sites for hydroxylation is 2. The lowest BCUT2D eigenvalue weighted by Gasteiger charge is -2.20. The summed E-state index contributed by atoms with van der Waals surface area (Å²) in [4.78, 5) is 4.23. The highest BCUT2D eigenvalue weighted by Crippen LogP contribution is 2.22. The highest BCUT2D eigenvalue weighted by Gasteiger charge is 2.19. The Kier molecular flexibility index (Phi) is 5.58. The van der Waals surface area contributed by atoms with Crippen molar-refractivity contribution in [1.82, 2.24) is 25.1 Å². The van der Waals surface area contributed by atoms with Gasteiger partial charge in [-0.3, -0.25) is 0 Å². The predicted molar refractivity (Wildman–Crippen MR) is 107 cm³/mol. The normalized spacial score (nSPS) is 17.4. The summed E-state index contributed by atoms with van der Waals surface area (Å²) in [7, 11) is 0. The fraction of sp³-hybridized carbons (Fsp3) is 0.409. The average molecular weight is 361 g/mol. The van der Waals surface area contributed by atoms with Gasteiger partial charge in [-0.25, -0.2) is 0 Å². The summed E-state index contributed by atoms with van der Waals surface area (Å²) in [6.45, 7) is 5.54. The first-order valence-corrected chi connectivity index (χ1v) is 9.91. The second-order valence-electron chi connectivity index (χ2n) is 7.45. The molecule has 3 aromatic rings. The first-order valence-electron chi connectivity index (χ1n) is 9.91. The third-order valence-corrected chi connectivity index (χ3v) is 5.61. The van der Waals surface area contributed by atoms with Crippen LogP contribution in [-0.2, 0) is 19.4 Å². The molecule has 0 aliphatic carbocycles. The highest BCUT2D eigenvalue weighted by molar-refractivity contribution is 5.64. The highest BCUT2D eigenvalue weighted by atomic mass is 15.6. The van der Waals surface area contributed by atoms with Crippen LogP contribution < -0.4 is 0 Å². The topological polar surface area (TPSA) is 46.8 Å². The Morgan fingerprint density at radius 3 is 2.04 bits per heavy atom. The largest absolute Gasteiger partial charge is 0.300 e. The minimum atomic E-state index is 0.753. The average Bonchev–Trinajstić information content (AvgIpc) is 3.37. The Balaban J connectivity index is 1.32. The van der Waals surface area contributed by atoms with E-state index in [1.807, 2.05) is 0 Å². The molecule has 0 saturated carbocycles. The number of hydrogen-bond donors (Lipinski definition) is 0. The van der Waals surface area contributed by atoms with E-state index in [4.69, 9.17) is 0 Å². The number of rotatable bonds is 7. The zero-order chi connectivity index (χ0) is 18.5. The van der Waals surface area contributed by atoms with Crippen LogP contribution in [-0.4, -0.2) is 44.2 Å². The lowest BCUT2D eigenvalue weighted by atomic mass is 10.0. The van der Waals surface area contributed by atoms with E-state index < -0.39 is 0 Å². The molecule has 2 heterocycles. The number of benzene rings is 2. The smallest absolute Gasteiger partial charge is 0.162 e. The van der Waals surface area contributed by atoms with E-state index in [0.29, 0.717) is 0 Å². The van der Waals surface area contributed by atoms with Crippen molar-refractivity contribution < 1.29 is 0 Å². The van der Waals surface area contributed by atoms with Gasteiger partial charge < -0.3 is 4.90 Å². The second-order valence-corrected chi connectivity index (χ2v) is 7.45. The maximum atomic E-state index is 4.04. The summed E-state index contributed by atoms with van der Waals surface area (Å²) >= 11 is 0. The van der Waals surface area contributed by atoms with Crippen molar-refractivity contribution in [2.24, 2.45) is 0 Å². The molecule has 0 unspecified atom stereocenters. The predicted octanol–water partition coefficient (Wildman–Crippen LogP) is 3.61. The Hall–Kier alpha value is -2.53. The maximum absolute atomic E-state index is 4.04. The van der Waals surface area contributed by atoms with E-state index in [1.165, 1.54) is 54.5 Å². The zero-order valence-corrected chi connectivity index (χ0v) is 16.0. The van der Waals surface area contributed by atoms with Gasteiger partial charge in [-0.1, -0.05) is 48.5 Å². The summed E-state index contributed by atoms with van der Waals surface area (Å²) in [5, 5.41) is 11.7. The number of tetrazole rings is 1. The quantitative estimate of drug-likeness (QED) is 0.645. The first kappa shape index (κ1) is 17.9. The van der Waals surface area contributed by atoms with Gasteiger partial charge in [0, 0.05) is 12.6 Å². The Morgan fingerprint density at radius 2 is 1.52 bits per heavy atom. The Morgan fingerprint density at radius 1 is 0.889 bits per heavy atom. The van der Waals surface area contributed by atoms with Crippen molar-refractivity contribution in [3.05, 3.63) is 66.0 Å². The lowest BCUT2D eigenvalue weighted by Crippen LogP contribution is -2.28. The van der Waals surface area contributed by atoms with Crippen LogP contribution in [0, 0.1) is 0 Å². The molecule has 0 N–H and O–H groups in total. The molecule has 1 atom stereocenters. The molecule has 1 fully saturated rings. The molecule has 1 aromatic heterocycles. The second kappa shape index (κ2) is 8.44. The minimum Gasteiger partial charge on any atom is -0.300 e. The zero-order valence-electron chi connectivity index (χ0n) is 16.0. The van der Waals surface area contributed by atoms with Crippen LogP contribution in [0.4, 0.5) is 0 Å². The monoisotopic (exact) mass is 361 g/mol. The van der Waals surface area contributed by atoms with E-state index in [-0.39, 0.29) is 0 Å². The molecule has 1 aliphatic rings. The molecule has 1 aliphatic heterocycles. The van der Waals surface area contributed by atoms with Crippen molar-refractivity contribution in [2.75, 3.05) is 13.1 Å². The van der Waals surface area contributed by atoms with E-state index in [0.717, 1.165) is 25.4 Å². The molecular formula is C22H27N5. The molecule has 5 nitrogen and oxygen atoms in total. The molecule has 4 rings (SSSR count). The van der Waals surface area contributed by atoms with Crippen LogP contribution in [0.5, 0.6) is 0 Å². The summed E-state index contributed by atoms with van der Waals surface area (Å²) in [5.74, 6) is 0. The first-order chi connectivity index (χ1) is 13.3. The van der Waals surface area contributed by atoms with E-state index >= 15 is 0 Å². The van der Waals surface area contributed by atoms with Crippen molar-refractivity contribution >= 4 is 0 Å². The maximum Gasteiger partial charge on any atom is 0.162 e. The van der Waals surface area contributed by atoms with E-state index in [1.54, 1.807) is 4.80 Å². The number of hydrogen-bond acceptors (Lipinski definition) is 4. The summed E-state index contributed by atoms with van der Waals surface area (Å²) in [6.07, 6.45) is 6.22. The fourth-order valence-electron chi connectivity index (χ4n) is 3.85. The molecule has 0 bridgehead atoms. The van der Waals surface area contributed by atoms with Crippen LogP contribution in [0.3, 0.4) is 0 Å². The molecular weight excluding hydrogens is 334 g/mol. The molecule has 0 radical (unpaired) electrons. The van der Waals surface area contributed by atoms with Crippen molar-refractivity contribution in [3.8, 4) is 11.1 Å². The number of nitrogens with zero attached hydrogens (tertiary/aromatic N) is 5. The van der Waals surface area contributed by atoms with Gasteiger partial charge >= 0.3 is 0 Å². The van der Waals surface area contributed by atoms with Crippen molar-refractivity contribution in [3.63, 3.8) is 0 Å². The van der Waals surface area contributed by atoms with Crippen LogP contribution in [0.1, 0.15) is 30.9 Å². The van der Waals surface area contributed by atoms with Gasteiger partial charge in [0.2, 0.25) is 0 Å². The third kappa shape index (κ3) is 4.61. The van der Waals surface area contributed by atoms with Crippen molar-refractivity contribution in [2.45, 2.75) is 45.2 Å². The minimum absolute atomic E-state index is 0.753. The van der Waals surface area contributed by atoms with Gasteiger partial charge in [-0.2, -0.15) is 4.80 Å². The number of likely N-dealkylation sites (tertiary alicyclic amines) is 1.